The maximum absolute atomic E-state index is 11.8. The van der Waals surface area contributed by atoms with Crippen molar-refractivity contribution < 1.29 is 9.90 Å². The summed E-state index contributed by atoms with van der Waals surface area (Å²) in [5.74, 6) is 0.308. The Morgan fingerprint density at radius 2 is 2.20 bits per heavy atom. The van der Waals surface area contributed by atoms with Crippen LogP contribution in [0.4, 0.5) is 0 Å². The molecular formula is C14H17N3O3. The molecule has 0 aliphatic rings. The van der Waals surface area contributed by atoms with Gasteiger partial charge in [0.25, 0.3) is 5.56 Å². The largest absolute Gasteiger partial charge is 0.392 e. The van der Waals surface area contributed by atoms with E-state index in [-0.39, 0.29) is 24.4 Å². The fourth-order valence-corrected chi connectivity index (χ4v) is 1.84. The summed E-state index contributed by atoms with van der Waals surface area (Å²) in [5, 5.41) is 12.2. The molecule has 2 rings (SSSR count). The fraction of sp³-hybridized carbons (Fsp3) is 0.357. The molecule has 1 heterocycles. The minimum absolute atomic E-state index is 0.179. The number of carbonyl (C=O) groups is 1. The highest BCUT2D eigenvalue weighted by atomic mass is 16.3. The van der Waals surface area contributed by atoms with Gasteiger partial charge in [0.1, 0.15) is 5.82 Å². The lowest BCUT2D eigenvalue weighted by Crippen LogP contribution is -2.30. The van der Waals surface area contributed by atoms with Gasteiger partial charge in [0.2, 0.25) is 5.91 Å². The van der Waals surface area contributed by atoms with Crippen LogP contribution in [0.5, 0.6) is 0 Å². The number of nitrogens with one attached hydrogen (secondary N) is 2. The molecule has 1 atom stereocenters. The number of nitrogens with zero attached hydrogens (tertiary/aromatic N) is 1. The van der Waals surface area contributed by atoms with Crippen molar-refractivity contribution in [2.24, 2.45) is 0 Å². The van der Waals surface area contributed by atoms with E-state index in [2.05, 4.69) is 15.3 Å². The Morgan fingerprint density at radius 1 is 1.45 bits per heavy atom. The Balaban J connectivity index is 2.03. The van der Waals surface area contributed by atoms with Crippen LogP contribution in [0, 0.1) is 0 Å². The number of aliphatic hydroxyl groups excluding tert-OH is 1. The number of rotatable bonds is 5. The number of carbonyl (C=O) groups excluding carboxylic acids is 1. The Labute approximate surface area is 115 Å². The lowest BCUT2D eigenvalue weighted by atomic mass is 10.2. The molecule has 0 bridgehead atoms. The van der Waals surface area contributed by atoms with Crippen LogP contribution in [0.1, 0.15) is 19.2 Å². The maximum atomic E-state index is 11.8. The van der Waals surface area contributed by atoms with E-state index in [0.29, 0.717) is 23.1 Å². The van der Waals surface area contributed by atoms with Gasteiger partial charge in [-0.2, -0.15) is 0 Å². The number of para-hydroxylation sites is 1. The van der Waals surface area contributed by atoms with Crippen molar-refractivity contribution >= 4 is 16.8 Å². The van der Waals surface area contributed by atoms with Crippen LogP contribution in [0.15, 0.2) is 29.1 Å². The van der Waals surface area contributed by atoms with E-state index < -0.39 is 6.10 Å². The third kappa shape index (κ3) is 3.64. The highest BCUT2D eigenvalue weighted by Crippen LogP contribution is 2.06. The van der Waals surface area contributed by atoms with Crippen LogP contribution in [0.2, 0.25) is 0 Å². The molecule has 0 spiro atoms. The van der Waals surface area contributed by atoms with Crippen LogP contribution >= 0.6 is 0 Å². The summed E-state index contributed by atoms with van der Waals surface area (Å²) >= 11 is 0. The fourth-order valence-electron chi connectivity index (χ4n) is 1.84. The number of aromatic nitrogens is 2. The van der Waals surface area contributed by atoms with Crippen molar-refractivity contribution in [3.8, 4) is 0 Å². The van der Waals surface area contributed by atoms with Crippen molar-refractivity contribution in [2.75, 3.05) is 6.54 Å². The lowest BCUT2D eigenvalue weighted by molar-refractivity contribution is -0.121. The normalized spacial score (nSPS) is 12.3. The van der Waals surface area contributed by atoms with Gasteiger partial charge in [-0.15, -0.1) is 0 Å². The summed E-state index contributed by atoms with van der Waals surface area (Å²) in [4.78, 5) is 30.4. The maximum Gasteiger partial charge on any atom is 0.258 e. The topological polar surface area (TPSA) is 95.1 Å². The van der Waals surface area contributed by atoms with Gasteiger partial charge >= 0.3 is 0 Å². The van der Waals surface area contributed by atoms with Gasteiger partial charge in [-0.3, -0.25) is 9.59 Å². The second kappa shape index (κ2) is 6.29. The second-order valence-corrected chi connectivity index (χ2v) is 4.68. The van der Waals surface area contributed by atoms with Crippen LogP contribution < -0.4 is 10.9 Å². The summed E-state index contributed by atoms with van der Waals surface area (Å²) in [5.41, 5.74) is 0.422. The Kier molecular flexibility index (Phi) is 4.47. The van der Waals surface area contributed by atoms with E-state index in [0.717, 1.165) is 0 Å². The molecular weight excluding hydrogens is 258 g/mol. The third-order valence-electron chi connectivity index (χ3n) is 2.85. The standard InChI is InChI=1S/C14H17N3O3/c1-9(18)8-15-13(19)7-6-12-16-11-5-3-2-4-10(11)14(20)17-12/h2-5,9,18H,6-8H2,1H3,(H,15,19)(H,16,17,20)/t9-/m1/s1. The number of aromatic amines is 1. The molecule has 1 aromatic heterocycles. The van der Waals surface area contributed by atoms with Gasteiger partial charge in [-0.25, -0.2) is 4.98 Å². The Hall–Kier alpha value is -2.21. The summed E-state index contributed by atoms with van der Waals surface area (Å²) in [6, 6.07) is 7.07. The molecule has 0 radical (unpaired) electrons. The van der Waals surface area contributed by atoms with E-state index in [1.807, 2.05) is 6.07 Å². The van der Waals surface area contributed by atoms with Crippen LogP contribution in [-0.2, 0) is 11.2 Å². The van der Waals surface area contributed by atoms with Gasteiger partial charge < -0.3 is 15.4 Å². The smallest absolute Gasteiger partial charge is 0.258 e. The molecule has 1 aromatic carbocycles. The number of aryl methyl sites for hydroxylation is 1. The molecule has 6 heteroatoms. The quantitative estimate of drug-likeness (QED) is 0.734. The van der Waals surface area contributed by atoms with Crippen LogP contribution in [0.3, 0.4) is 0 Å². The number of hydrogen-bond donors (Lipinski definition) is 3. The van der Waals surface area contributed by atoms with Gasteiger partial charge in [0.05, 0.1) is 17.0 Å². The molecule has 0 fully saturated rings. The van der Waals surface area contributed by atoms with Gasteiger partial charge in [-0.05, 0) is 19.1 Å². The molecule has 106 valence electrons. The van der Waals surface area contributed by atoms with E-state index in [9.17, 15) is 9.59 Å². The van der Waals surface area contributed by atoms with Crippen LogP contribution in [0.25, 0.3) is 10.9 Å². The summed E-state index contributed by atoms with van der Waals surface area (Å²) in [7, 11) is 0. The Morgan fingerprint density at radius 3 is 2.95 bits per heavy atom. The highest BCUT2D eigenvalue weighted by molar-refractivity contribution is 5.78. The number of amides is 1. The molecule has 0 saturated heterocycles. The average Bonchev–Trinajstić information content (AvgIpc) is 2.43. The molecule has 20 heavy (non-hydrogen) atoms. The number of H-pyrrole nitrogens is 1. The minimum atomic E-state index is -0.572. The van der Waals surface area contributed by atoms with Gasteiger partial charge in [-0.1, -0.05) is 12.1 Å². The van der Waals surface area contributed by atoms with Crippen molar-refractivity contribution in [2.45, 2.75) is 25.9 Å². The third-order valence-corrected chi connectivity index (χ3v) is 2.85. The minimum Gasteiger partial charge on any atom is -0.392 e. The molecule has 6 nitrogen and oxygen atoms in total. The number of hydrogen-bond acceptors (Lipinski definition) is 4. The zero-order valence-electron chi connectivity index (χ0n) is 11.2. The number of aliphatic hydroxyl groups is 1. The molecule has 1 amide bonds. The average molecular weight is 275 g/mol. The number of benzene rings is 1. The van der Waals surface area contributed by atoms with E-state index in [4.69, 9.17) is 5.11 Å². The van der Waals surface area contributed by atoms with Crippen molar-refractivity contribution in [3.63, 3.8) is 0 Å². The molecule has 0 saturated carbocycles. The molecule has 3 N–H and O–H groups in total. The zero-order chi connectivity index (χ0) is 14.5. The molecule has 0 aliphatic heterocycles. The first kappa shape index (κ1) is 14.2. The molecule has 2 aromatic rings. The van der Waals surface area contributed by atoms with Crippen molar-refractivity contribution in [1.29, 1.82) is 0 Å². The predicted octanol–water partition coefficient (Wildman–Crippen LogP) is 0.353. The van der Waals surface area contributed by atoms with E-state index >= 15 is 0 Å². The highest BCUT2D eigenvalue weighted by Gasteiger charge is 2.07. The second-order valence-electron chi connectivity index (χ2n) is 4.68. The van der Waals surface area contributed by atoms with Gasteiger partial charge in [0.15, 0.2) is 0 Å². The van der Waals surface area contributed by atoms with Gasteiger partial charge in [0, 0.05) is 19.4 Å². The van der Waals surface area contributed by atoms with E-state index in [1.165, 1.54) is 0 Å². The van der Waals surface area contributed by atoms with Crippen molar-refractivity contribution in [1.82, 2.24) is 15.3 Å². The molecule has 0 aliphatic carbocycles. The predicted molar refractivity (Wildman–Crippen MR) is 75.4 cm³/mol. The van der Waals surface area contributed by atoms with Crippen molar-refractivity contribution in [3.05, 3.63) is 40.4 Å². The molecule has 0 unspecified atom stereocenters. The lowest BCUT2D eigenvalue weighted by Gasteiger charge is -2.07. The first-order valence-electron chi connectivity index (χ1n) is 6.49. The monoisotopic (exact) mass is 275 g/mol. The SMILES string of the molecule is C[C@@H](O)CNC(=O)CCc1nc2ccccc2c(=O)[nH]1. The van der Waals surface area contributed by atoms with E-state index in [1.54, 1.807) is 25.1 Å². The summed E-state index contributed by atoms with van der Waals surface area (Å²) in [6.45, 7) is 1.82. The first-order valence-corrected chi connectivity index (χ1v) is 6.49. The Bertz CT molecular complexity index is 664. The summed E-state index contributed by atoms with van der Waals surface area (Å²) < 4.78 is 0. The van der Waals surface area contributed by atoms with Crippen LogP contribution in [-0.4, -0.2) is 33.6 Å². The first-order chi connectivity index (χ1) is 9.56. The number of fused-ring (bicyclic) bond motifs is 1. The zero-order valence-corrected chi connectivity index (χ0v) is 11.2. The summed E-state index contributed by atoms with van der Waals surface area (Å²) in [6.07, 6.45) is -0.00255.